The fourth-order valence-corrected chi connectivity index (χ4v) is 2.21. The van der Waals surface area contributed by atoms with Crippen molar-refractivity contribution < 1.29 is 10.0 Å². The number of anilines is 2. The van der Waals surface area contributed by atoms with Gasteiger partial charge in [0.25, 0.3) is 0 Å². The number of piperidine rings is 1. The van der Waals surface area contributed by atoms with Crippen molar-refractivity contribution in [2.45, 2.75) is 12.8 Å². The number of pyridine rings is 1. The van der Waals surface area contributed by atoms with Gasteiger partial charge in [-0.25, -0.2) is 4.98 Å². The summed E-state index contributed by atoms with van der Waals surface area (Å²) in [5, 5.41) is 19.8. The predicted molar refractivity (Wildman–Crippen MR) is 67.3 cm³/mol. The van der Waals surface area contributed by atoms with Gasteiger partial charge in [0.2, 0.25) is 5.82 Å². The minimum Gasteiger partial charge on any atom is -0.396 e. The van der Waals surface area contributed by atoms with E-state index in [4.69, 9.17) is 10.8 Å². The Kier molecular flexibility index (Phi) is 3.61. The molecule has 1 saturated heterocycles. The van der Waals surface area contributed by atoms with Crippen molar-refractivity contribution in [2.75, 3.05) is 30.3 Å². The lowest BCUT2D eigenvalue weighted by molar-refractivity contribution is -0.384. The van der Waals surface area contributed by atoms with E-state index in [0.29, 0.717) is 12.4 Å². The fraction of sp³-hybridized carbons (Fsp3) is 0.545. The maximum absolute atomic E-state index is 10.6. The molecule has 1 aliphatic rings. The Morgan fingerprint density at radius 2 is 2.39 bits per heavy atom. The van der Waals surface area contributed by atoms with Gasteiger partial charge < -0.3 is 15.7 Å². The van der Waals surface area contributed by atoms with Crippen LogP contribution in [0.15, 0.2) is 12.1 Å². The van der Waals surface area contributed by atoms with Crippen molar-refractivity contribution in [3.05, 3.63) is 22.2 Å². The van der Waals surface area contributed by atoms with Gasteiger partial charge in [0, 0.05) is 25.8 Å². The molecule has 98 valence electrons. The highest BCUT2D eigenvalue weighted by atomic mass is 16.6. The minimum atomic E-state index is -0.543. The number of aliphatic hydroxyl groups is 1. The van der Waals surface area contributed by atoms with Crippen molar-refractivity contribution in [3.63, 3.8) is 0 Å². The second-order valence-electron chi connectivity index (χ2n) is 4.47. The largest absolute Gasteiger partial charge is 0.396 e. The van der Waals surface area contributed by atoms with E-state index in [9.17, 15) is 10.1 Å². The number of nitrogens with two attached hydrogens (primary N) is 1. The standard InChI is InChI=1S/C11H16N4O3/c12-11-9(15(17)18)3-4-10(13-11)14-5-1-2-8(6-14)7-16/h3-4,8,16H,1-2,5-7H2,(H2,12,13). The van der Waals surface area contributed by atoms with E-state index in [1.165, 1.54) is 6.07 Å². The van der Waals surface area contributed by atoms with Gasteiger partial charge in [-0.2, -0.15) is 0 Å². The van der Waals surface area contributed by atoms with Crippen LogP contribution in [0.4, 0.5) is 17.3 Å². The summed E-state index contributed by atoms with van der Waals surface area (Å²) < 4.78 is 0. The number of hydrogen-bond donors (Lipinski definition) is 2. The van der Waals surface area contributed by atoms with E-state index in [0.717, 1.165) is 19.4 Å². The monoisotopic (exact) mass is 252 g/mol. The summed E-state index contributed by atoms with van der Waals surface area (Å²) in [4.78, 5) is 16.2. The molecule has 0 radical (unpaired) electrons. The third-order valence-corrected chi connectivity index (χ3v) is 3.19. The third kappa shape index (κ3) is 2.51. The van der Waals surface area contributed by atoms with Crippen molar-refractivity contribution in [1.82, 2.24) is 4.98 Å². The van der Waals surface area contributed by atoms with Gasteiger partial charge in [-0.05, 0) is 24.8 Å². The van der Waals surface area contributed by atoms with Gasteiger partial charge in [0.1, 0.15) is 5.82 Å². The van der Waals surface area contributed by atoms with Crippen LogP contribution in [0, 0.1) is 16.0 Å². The maximum atomic E-state index is 10.6. The Morgan fingerprint density at radius 1 is 1.61 bits per heavy atom. The van der Waals surface area contributed by atoms with Gasteiger partial charge in [0.15, 0.2) is 0 Å². The van der Waals surface area contributed by atoms with Crippen LogP contribution in [0.2, 0.25) is 0 Å². The first-order valence-corrected chi connectivity index (χ1v) is 5.88. The third-order valence-electron chi connectivity index (χ3n) is 3.19. The summed E-state index contributed by atoms with van der Waals surface area (Å²) >= 11 is 0. The molecule has 0 spiro atoms. The smallest absolute Gasteiger partial charge is 0.311 e. The van der Waals surface area contributed by atoms with E-state index in [-0.39, 0.29) is 24.0 Å². The van der Waals surface area contributed by atoms with Crippen LogP contribution >= 0.6 is 0 Å². The number of aromatic nitrogens is 1. The first-order chi connectivity index (χ1) is 8.61. The van der Waals surface area contributed by atoms with Crippen molar-refractivity contribution in [3.8, 4) is 0 Å². The lowest BCUT2D eigenvalue weighted by Gasteiger charge is -2.32. The van der Waals surface area contributed by atoms with E-state index in [1.54, 1.807) is 6.07 Å². The van der Waals surface area contributed by atoms with Gasteiger partial charge >= 0.3 is 5.69 Å². The molecule has 2 rings (SSSR count). The zero-order valence-corrected chi connectivity index (χ0v) is 9.95. The molecule has 1 aromatic heterocycles. The van der Waals surface area contributed by atoms with Crippen LogP contribution in [0.25, 0.3) is 0 Å². The summed E-state index contributed by atoms with van der Waals surface area (Å²) in [6.45, 7) is 1.69. The lowest BCUT2D eigenvalue weighted by Crippen LogP contribution is -2.37. The number of hydrogen-bond acceptors (Lipinski definition) is 6. The van der Waals surface area contributed by atoms with Crippen LogP contribution in [-0.4, -0.2) is 34.7 Å². The topological polar surface area (TPSA) is 106 Å². The Morgan fingerprint density at radius 3 is 3.00 bits per heavy atom. The zero-order valence-electron chi connectivity index (χ0n) is 9.95. The number of nitrogens with zero attached hydrogens (tertiary/aromatic N) is 3. The van der Waals surface area contributed by atoms with Gasteiger partial charge in [-0.3, -0.25) is 10.1 Å². The molecule has 7 heteroatoms. The molecule has 0 aromatic carbocycles. The number of nitrogen functional groups attached to an aromatic ring is 1. The molecule has 1 aromatic rings. The van der Waals surface area contributed by atoms with Crippen LogP contribution in [0.1, 0.15) is 12.8 Å². The first-order valence-electron chi connectivity index (χ1n) is 5.88. The molecule has 1 unspecified atom stereocenters. The summed E-state index contributed by atoms with van der Waals surface area (Å²) in [5.41, 5.74) is 5.40. The molecule has 2 heterocycles. The summed E-state index contributed by atoms with van der Waals surface area (Å²) in [6.07, 6.45) is 1.97. The van der Waals surface area contributed by atoms with Crippen LogP contribution in [0.3, 0.4) is 0 Å². The Balaban J connectivity index is 2.18. The van der Waals surface area contributed by atoms with Gasteiger partial charge in [0.05, 0.1) is 4.92 Å². The first kappa shape index (κ1) is 12.6. The molecule has 0 saturated carbocycles. The molecule has 3 N–H and O–H groups in total. The van der Waals surface area contributed by atoms with Crippen LogP contribution < -0.4 is 10.6 Å². The van der Waals surface area contributed by atoms with Crippen molar-refractivity contribution in [2.24, 2.45) is 5.92 Å². The van der Waals surface area contributed by atoms with Crippen molar-refractivity contribution in [1.29, 1.82) is 0 Å². The number of aliphatic hydroxyl groups excluding tert-OH is 1. The highest BCUT2D eigenvalue weighted by Crippen LogP contribution is 2.26. The summed E-state index contributed by atoms with van der Waals surface area (Å²) in [5.74, 6) is 0.803. The molecule has 0 amide bonds. The van der Waals surface area contributed by atoms with Crippen molar-refractivity contribution >= 4 is 17.3 Å². The normalized spacial score (nSPS) is 19.8. The molecular formula is C11H16N4O3. The second-order valence-corrected chi connectivity index (χ2v) is 4.47. The molecular weight excluding hydrogens is 236 g/mol. The average Bonchev–Trinajstić information content (AvgIpc) is 2.38. The second kappa shape index (κ2) is 5.18. The number of rotatable bonds is 3. The molecule has 7 nitrogen and oxygen atoms in total. The molecule has 1 fully saturated rings. The predicted octanol–water partition coefficient (Wildman–Crippen LogP) is 0.781. The molecule has 1 aliphatic heterocycles. The molecule has 0 aliphatic carbocycles. The van der Waals surface area contributed by atoms with E-state index in [2.05, 4.69) is 4.98 Å². The SMILES string of the molecule is Nc1nc(N2CCCC(CO)C2)ccc1[N+](=O)[O-]. The lowest BCUT2D eigenvalue weighted by atomic mass is 9.99. The highest BCUT2D eigenvalue weighted by Gasteiger charge is 2.22. The quantitative estimate of drug-likeness (QED) is 0.608. The zero-order chi connectivity index (χ0) is 13.1. The Labute approximate surface area is 104 Å². The van der Waals surface area contributed by atoms with Gasteiger partial charge in [-0.1, -0.05) is 0 Å². The Hall–Kier alpha value is -1.89. The summed E-state index contributed by atoms with van der Waals surface area (Å²) in [7, 11) is 0. The van der Waals surface area contributed by atoms with E-state index in [1.807, 2.05) is 4.90 Å². The average molecular weight is 252 g/mol. The maximum Gasteiger partial charge on any atom is 0.311 e. The minimum absolute atomic E-state index is 0.0661. The van der Waals surface area contributed by atoms with Gasteiger partial charge in [-0.15, -0.1) is 0 Å². The van der Waals surface area contributed by atoms with Crippen LogP contribution in [-0.2, 0) is 0 Å². The molecule has 0 bridgehead atoms. The van der Waals surface area contributed by atoms with Crippen LogP contribution in [0.5, 0.6) is 0 Å². The number of nitro groups is 1. The summed E-state index contributed by atoms with van der Waals surface area (Å²) in [6, 6.07) is 2.98. The highest BCUT2D eigenvalue weighted by molar-refractivity contribution is 5.58. The molecule has 1 atom stereocenters. The van der Waals surface area contributed by atoms with E-state index < -0.39 is 4.92 Å². The van der Waals surface area contributed by atoms with E-state index >= 15 is 0 Å². The Bertz CT molecular complexity index is 452. The molecule has 18 heavy (non-hydrogen) atoms. The fourth-order valence-electron chi connectivity index (χ4n) is 2.21.